The summed E-state index contributed by atoms with van der Waals surface area (Å²) in [5.41, 5.74) is 2.21. The summed E-state index contributed by atoms with van der Waals surface area (Å²) in [5.74, 6) is 0. The van der Waals surface area contributed by atoms with Crippen molar-refractivity contribution in [2.75, 3.05) is 37.4 Å². The van der Waals surface area contributed by atoms with E-state index in [1.54, 1.807) is 14.2 Å². The number of benzene rings is 1. The fourth-order valence-corrected chi connectivity index (χ4v) is 4.94. The van der Waals surface area contributed by atoms with Crippen molar-refractivity contribution >= 4 is 11.4 Å². The lowest BCUT2D eigenvalue weighted by molar-refractivity contribution is 0.162. The summed E-state index contributed by atoms with van der Waals surface area (Å²) in [7, 11) is 3.56. The minimum atomic E-state index is 0.932. The van der Waals surface area contributed by atoms with Gasteiger partial charge in [0.25, 0.3) is 0 Å². The molecule has 0 fully saturated rings. The third-order valence-corrected chi connectivity index (χ3v) is 7.28. The van der Waals surface area contributed by atoms with Crippen molar-refractivity contribution in [3.8, 4) is 0 Å². The van der Waals surface area contributed by atoms with Crippen LogP contribution in [0.1, 0.15) is 142 Å². The number of hydrogen-bond donors (Lipinski definition) is 0. The number of unbranched alkanes of at least 4 members (excludes halogenated alkanes) is 18. The van der Waals surface area contributed by atoms with Gasteiger partial charge in [-0.3, -0.25) is 19.8 Å². The van der Waals surface area contributed by atoms with E-state index in [1.165, 1.54) is 128 Å². The van der Waals surface area contributed by atoms with Crippen LogP contribution in [0.25, 0.3) is 0 Å². The Balaban J connectivity index is 2.27. The van der Waals surface area contributed by atoms with Gasteiger partial charge >= 0.3 is 0 Å². The lowest BCUT2D eigenvalue weighted by atomic mass is 10.1. The summed E-state index contributed by atoms with van der Waals surface area (Å²) >= 11 is 0. The van der Waals surface area contributed by atoms with Gasteiger partial charge in [0.15, 0.2) is 0 Å². The fourth-order valence-electron chi connectivity index (χ4n) is 4.94. The third kappa shape index (κ3) is 16.5. The Labute approximate surface area is 225 Å². The lowest BCUT2D eigenvalue weighted by Gasteiger charge is -2.26. The Kier molecular flexibility index (Phi) is 21.9. The number of hydrogen-bond acceptors (Lipinski definition) is 4. The van der Waals surface area contributed by atoms with E-state index in [4.69, 9.17) is 9.68 Å². The van der Waals surface area contributed by atoms with Crippen molar-refractivity contribution in [1.82, 2.24) is 0 Å². The molecule has 0 saturated heterocycles. The number of nitrogens with zero attached hydrogens (tertiary/aromatic N) is 2. The molecule has 1 rings (SSSR count). The predicted molar refractivity (Wildman–Crippen MR) is 159 cm³/mol. The van der Waals surface area contributed by atoms with E-state index < -0.39 is 0 Å². The van der Waals surface area contributed by atoms with Crippen molar-refractivity contribution in [2.45, 2.75) is 142 Å². The molecule has 0 amide bonds. The minimum absolute atomic E-state index is 0.932. The Morgan fingerprint density at radius 1 is 0.472 bits per heavy atom. The lowest BCUT2D eigenvalue weighted by Crippen LogP contribution is -2.25. The molecule has 0 unspecified atom stereocenters. The van der Waals surface area contributed by atoms with Crippen molar-refractivity contribution in [3.63, 3.8) is 0 Å². The van der Waals surface area contributed by atoms with E-state index in [9.17, 15) is 0 Å². The molecule has 1 aromatic carbocycles. The molecule has 0 bridgehead atoms. The Hall–Kier alpha value is -1.26. The summed E-state index contributed by atoms with van der Waals surface area (Å²) in [5, 5.41) is 4.06. The van der Waals surface area contributed by atoms with Gasteiger partial charge in [0.05, 0.1) is 25.6 Å². The zero-order valence-corrected chi connectivity index (χ0v) is 24.6. The normalized spacial score (nSPS) is 11.2. The van der Waals surface area contributed by atoms with E-state index >= 15 is 0 Å². The highest BCUT2D eigenvalue weighted by Crippen LogP contribution is 2.24. The summed E-state index contributed by atoms with van der Waals surface area (Å²) in [4.78, 5) is 11.5. The van der Waals surface area contributed by atoms with Crippen molar-refractivity contribution in [3.05, 3.63) is 24.3 Å². The van der Waals surface area contributed by atoms with E-state index in [0.717, 1.165) is 24.5 Å². The summed E-state index contributed by atoms with van der Waals surface area (Å²) in [6, 6.07) is 8.58. The van der Waals surface area contributed by atoms with E-state index in [2.05, 4.69) is 38.1 Å². The van der Waals surface area contributed by atoms with Gasteiger partial charge < -0.3 is 0 Å². The van der Waals surface area contributed by atoms with Crippen LogP contribution < -0.4 is 10.1 Å². The van der Waals surface area contributed by atoms with E-state index in [0.29, 0.717) is 0 Å². The molecule has 4 heteroatoms. The van der Waals surface area contributed by atoms with Crippen LogP contribution in [0, 0.1) is 0 Å². The van der Waals surface area contributed by atoms with Gasteiger partial charge in [-0.15, -0.1) is 0 Å². The topological polar surface area (TPSA) is 24.9 Å². The quantitative estimate of drug-likeness (QED) is 0.0925. The van der Waals surface area contributed by atoms with Crippen molar-refractivity contribution in [2.24, 2.45) is 0 Å². The molecule has 0 heterocycles. The van der Waals surface area contributed by atoms with Crippen molar-refractivity contribution < 1.29 is 9.68 Å². The van der Waals surface area contributed by atoms with Crippen LogP contribution in [-0.2, 0) is 9.68 Å². The average molecular weight is 505 g/mol. The first-order chi connectivity index (χ1) is 17.8. The maximum atomic E-state index is 5.73. The first kappa shape index (κ1) is 32.8. The molecule has 0 aliphatic carbocycles. The Bertz CT molecular complexity index is 548. The number of rotatable bonds is 26. The number of hydroxylamine groups is 2. The molecule has 0 aromatic heterocycles. The molecule has 0 N–H and O–H groups in total. The highest BCUT2D eigenvalue weighted by molar-refractivity contribution is 5.57. The van der Waals surface area contributed by atoms with Gasteiger partial charge in [-0.2, -0.15) is 0 Å². The second-order valence-corrected chi connectivity index (χ2v) is 10.5. The van der Waals surface area contributed by atoms with Crippen LogP contribution >= 0.6 is 0 Å². The maximum Gasteiger partial charge on any atom is 0.0657 e. The fraction of sp³-hybridized carbons (Fsp3) is 0.812. The monoisotopic (exact) mass is 504 g/mol. The molecular formula is C32H60N2O2. The molecule has 0 spiro atoms. The molecule has 0 atom stereocenters. The van der Waals surface area contributed by atoms with Crippen molar-refractivity contribution in [1.29, 1.82) is 0 Å². The summed E-state index contributed by atoms with van der Waals surface area (Å²) in [6.07, 6.45) is 27.0. The number of anilines is 2. The van der Waals surface area contributed by atoms with Gasteiger partial charge in [-0.05, 0) is 31.0 Å². The summed E-state index contributed by atoms with van der Waals surface area (Å²) < 4.78 is 0. The zero-order valence-electron chi connectivity index (χ0n) is 24.6. The first-order valence-electron chi connectivity index (χ1n) is 15.5. The Morgan fingerprint density at radius 3 is 1.08 bits per heavy atom. The largest absolute Gasteiger partial charge is 0.277 e. The van der Waals surface area contributed by atoms with Crippen LogP contribution in [0.15, 0.2) is 24.3 Å². The molecule has 0 saturated carbocycles. The highest BCUT2D eigenvalue weighted by Gasteiger charge is 2.10. The molecule has 0 radical (unpaired) electrons. The SMILES string of the molecule is CCCCCCCCCCCCN(OC)c1cccc(N(CCCCCCCCCCCC)OC)c1. The first-order valence-corrected chi connectivity index (χ1v) is 15.5. The van der Waals surface area contributed by atoms with Crippen LogP contribution in [0.3, 0.4) is 0 Å². The minimum Gasteiger partial charge on any atom is -0.277 e. The van der Waals surface area contributed by atoms with Crippen LogP contribution in [0.2, 0.25) is 0 Å². The average Bonchev–Trinajstić information content (AvgIpc) is 2.90. The molecule has 1 aromatic rings. The van der Waals surface area contributed by atoms with Crippen LogP contribution in [0.4, 0.5) is 11.4 Å². The maximum absolute atomic E-state index is 5.73. The van der Waals surface area contributed by atoms with Gasteiger partial charge in [0, 0.05) is 13.1 Å². The Morgan fingerprint density at radius 2 is 0.778 bits per heavy atom. The van der Waals surface area contributed by atoms with Gasteiger partial charge in [-0.25, -0.2) is 0 Å². The van der Waals surface area contributed by atoms with Crippen LogP contribution in [0.5, 0.6) is 0 Å². The molecule has 0 aliphatic heterocycles. The van der Waals surface area contributed by atoms with Gasteiger partial charge in [0.2, 0.25) is 0 Å². The predicted octanol–water partition coefficient (Wildman–Crippen LogP) is 10.3. The molecule has 210 valence electrons. The molecule has 0 aliphatic rings. The molecule has 36 heavy (non-hydrogen) atoms. The highest BCUT2D eigenvalue weighted by atomic mass is 16.7. The van der Waals surface area contributed by atoms with Gasteiger partial charge in [-0.1, -0.05) is 135 Å². The van der Waals surface area contributed by atoms with Gasteiger partial charge in [0.1, 0.15) is 0 Å². The second-order valence-electron chi connectivity index (χ2n) is 10.5. The van der Waals surface area contributed by atoms with Crippen LogP contribution in [-0.4, -0.2) is 27.3 Å². The van der Waals surface area contributed by atoms with E-state index in [-0.39, 0.29) is 0 Å². The second kappa shape index (κ2) is 24.1. The standard InChI is InChI=1S/C32H60N2O2/c1-5-7-9-11-13-15-17-19-21-23-28-33(35-3)31-26-25-27-32(30-31)34(36-4)29-24-22-20-18-16-14-12-10-8-6-2/h25-27,30H,5-24,28-29H2,1-4H3. The zero-order chi connectivity index (χ0) is 26.1. The third-order valence-electron chi connectivity index (χ3n) is 7.28. The molecular weight excluding hydrogens is 444 g/mol. The molecule has 4 nitrogen and oxygen atoms in total. The summed E-state index contributed by atoms with van der Waals surface area (Å²) in [6.45, 7) is 6.43. The smallest absolute Gasteiger partial charge is 0.0657 e. The van der Waals surface area contributed by atoms with E-state index in [1.807, 2.05) is 10.1 Å².